The average molecular weight is 323 g/mol. The largest absolute Gasteiger partial charge is 0.356 e. The van der Waals surface area contributed by atoms with E-state index in [1.165, 1.54) is 0 Å². The molecule has 1 aliphatic heterocycles. The van der Waals surface area contributed by atoms with Gasteiger partial charge in [-0.05, 0) is 37.3 Å². The van der Waals surface area contributed by atoms with Gasteiger partial charge in [0.2, 0.25) is 5.91 Å². The Morgan fingerprint density at radius 3 is 2.86 bits per heavy atom. The van der Waals surface area contributed by atoms with Gasteiger partial charge in [0.15, 0.2) is 0 Å². The van der Waals surface area contributed by atoms with Gasteiger partial charge in [-0.15, -0.1) is 0 Å². The van der Waals surface area contributed by atoms with E-state index in [0.29, 0.717) is 36.0 Å². The molecular weight excluding hydrogens is 300 g/mol. The molecule has 1 aromatic rings. The number of nitrogens with one attached hydrogen (secondary N) is 1. The minimum atomic E-state index is -0.0183. The normalized spacial score (nSPS) is 18.1. The Bertz CT molecular complexity index is 533. The molecule has 0 bridgehead atoms. The maximum atomic E-state index is 12.6. The molecule has 2 rings (SSSR count). The van der Waals surface area contributed by atoms with Crippen LogP contribution in [0.15, 0.2) is 24.3 Å². The molecule has 0 aromatic heterocycles. The van der Waals surface area contributed by atoms with E-state index in [4.69, 9.17) is 11.6 Å². The Morgan fingerprint density at radius 2 is 2.14 bits per heavy atom. The number of hydrogen-bond donors (Lipinski definition) is 1. The number of halogens is 1. The predicted octanol–water partition coefficient (Wildman–Crippen LogP) is 3.11. The molecule has 1 atom stereocenters. The zero-order valence-electron chi connectivity index (χ0n) is 13.0. The molecule has 4 nitrogen and oxygen atoms in total. The van der Waals surface area contributed by atoms with Crippen molar-refractivity contribution in [2.45, 2.75) is 32.6 Å². The second kappa shape index (κ2) is 8.18. The lowest BCUT2D eigenvalue weighted by Gasteiger charge is -2.33. The monoisotopic (exact) mass is 322 g/mol. The second-order valence-electron chi connectivity index (χ2n) is 5.79. The van der Waals surface area contributed by atoms with Gasteiger partial charge in [0.25, 0.3) is 5.91 Å². The highest BCUT2D eigenvalue weighted by Gasteiger charge is 2.25. The molecular formula is C17H23ClN2O2. The Balaban J connectivity index is 1.91. The highest BCUT2D eigenvalue weighted by atomic mass is 35.5. The molecule has 0 aliphatic carbocycles. The smallest absolute Gasteiger partial charge is 0.255 e. The molecule has 1 heterocycles. The van der Waals surface area contributed by atoms with E-state index in [9.17, 15) is 9.59 Å². The number of amides is 2. The Morgan fingerprint density at radius 1 is 1.36 bits per heavy atom. The molecule has 0 unspecified atom stereocenters. The number of piperidine rings is 1. The van der Waals surface area contributed by atoms with Gasteiger partial charge in [-0.1, -0.05) is 30.7 Å². The highest BCUT2D eigenvalue weighted by Crippen LogP contribution is 2.22. The average Bonchev–Trinajstić information content (AvgIpc) is 2.53. The molecule has 1 fully saturated rings. The van der Waals surface area contributed by atoms with Gasteiger partial charge in [0.05, 0.1) is 10.6 Å². The summed E-state index contributed by atoms with van der Waals surface area (Å²) in [5, 5.41) is 3.45. The van der Waals surface area contributed by atoms with Crippen LogP contribution in [0.4, 0.5) is 0 Å². The summed E-state index contributed by atoms with van der Waals surface area (Å²) < 4.78 is 0. The molecule has 1 N–H and O–H groups in total. The molecule has 22 heavy (non-hydrogen) atoms. The minimum Gasteiger partial charge on any atom is -0.356 e. The van der Waals surface area contributed by atoms with E-state index in [1.54, 1.807) is 12.1 Å². The summed E-state index contributed by atoms with van der Waals surface area (Å²) in [5.74, 6) is 0.397. The molecule has 1 aliphatic rings. The molecule has 1 saturated heterocycles. The van der Waals surface area contributed by atoms with Gasteiger partial charge in [-0.3, -0.25) is 9.59 Å². The fraction of sp³-hybridized carbons (Fsp3) is 0.529. The molecule has 5 heteroatoms. The molecule has 0 saturated carbocycles. The number of carbonyl (C=O) groups excluding carboxylic acids is 2. The fourth-order valence-electron chi connectivity index (χ4n) is 2.79. The summed E-state index contributed by atoms with van der Waals surface area (Å²) in [6.45, 7) is 4.06. The third-order valence-corrected chi connectivity index (χ3v) is 4.31. The predicted molar refractivity (Wildman–Crippen MR) is 88.0 cm³/mol. The van der Waals surface area contributed by atoms with Crippen molar-refractivity contribution >= 4 is 23.4 Å². The van der Waals surface area contributed by atoms with Crippen molar-refractivity contribution in [1.82, 2.24) is 10.2 Å². The molecule has 0 radical (unpaired) electrons. The van der Waals surface area contributed by atoms with Crippen molar-refractivity contribution in [1.29, 1.82) is 0 Å². The number of nitrogens with zero attached hydrogens (tertiary/aromatic N) is 1. The van der Waals surface area contributed by atoms with Crippen LogP contribution in [0.2, 0.25) is 5.02 Å². The summed E-state index contributed by atoms with van der Waals surface area (Å²) >= 11 is 6.11. The van der Waals surface area contributed by atoms with Crippen LogP contribution in [0.25, 0.3) is 0 Å². The SMILES string of the molecule is CCCC(=O)NC[C@@H]1CCCN(C(=O)c2ccccc2Cl)C1. The van der Waals surface area contributed by atoms with Crippen molar-refractivity contribution in [3.8, 4) is 0 Å². The van der Waals surface area contributed by atoms with Crippen LogP contribution in [0.5, 0.6) is 0 Å². The van der Waals surface area contributed by atoms with Crippen LogP contribution in [0, 0.1) is 5.92 Å². The number of likely N-dealkylation sites (tertiary alicyclic amines) is 1. The third-order valence-electron chi connectivity index (χ3n) is 3.98. The number of hydrogen-bond acceptors (Lipinski definition) is 2. The van der Waals surface area contributed by atoms with E-state index in [2.05, 4.69) is 5.32 Å². The van der Waals surface area contributed by atoms with E-state index in [1.807, 2.05) is 24.0 Å². The Labute approximate surface area is 136 Å². The maximum Gasteiger partial charge on any atom is 0.255 e. The van der Waals surface area contributed by atoms with Crippen molar-refractivity contribution < 1.29 is 9.59 Å². The first-order chi connectivity index (χ1) is 10.6. The Kier molecular flexibility index (Phi) is 6.25. The first kappa shape index (κ1) is 16.8. The summed E-state index contributed by atoms with van der Waals surface area (Å²) in [7, 11) is 0. The van der Waals surface area contributed by atoms with Crippen LogP contribution in [0.1, 0.15) is 43.0 Å². The van der Waals surface area contributed by atoms with E-state index in [0.717, 1.165) is 25.8 Å². The lowest BCUT2D eigenvalue weighted by atomic mass is 9.97. The molecule has 1 aromatic carbocycles. The van der Waals surface area contributed by atoms with Gasteiger partial charge < -0.3 is 10.2 Å². The van der Waals surface area contributed by atoms with Crippen molar-refractivity contribution in [2.24, 2.45) is 5.92 Å². The van der Waals surface area contributed by atoms with E-state index >= 15 is 0 Å². The topological polar surface area (TPSA) is 49.4 Å². The quantitative estimate of drug-likeness (QED) is 0.905. The molecule has 2 amide bonds. The van der Waals surface area contributed by atoms with Gasteiger partial charge >= 0.3 is 0 Å². The van der Waals surface area contributed by atoms with Crippen molar-refractivity contribution in [3.05, 3.63) is 34.9 Å². The maximum absolute atomic E-state index is 12.6. The van der Waals surface area contributed by atoms with Crippen LogP contribution < -0.4 is 5.32 Å². The standard InChI is InChI=1S/C17H23ClN2O2/c1-2-6-16(21)19-11-13-7-5-10-20(12-13)17(22)14-8-3-4-9-15(14)18/h3-4,8-9,13H,2,5-7,10-12H2,1H3,(H,19,21)/t13-/m0/s1. The van der Waals surface area contributed by atoms with Gasteiger partial charge in [-0.2, -0.15) is 0 Å². The molecule has 0 spiro atoms. The number of carbonyl (C=O) groups is 2. The van der Waals surface area contributed by atoms with Gasteiger partial charge in [0, 0.05) is 26.1 Å². The Hall–Kier alpha value is -1.55. The number of benzene rings is 1. The third kappa shape index (κ3) is 4.47. The first-order valence-corrected chi connectivity index (χ1v) is 8.30. The zero-order chi connectivity index (χ0) is 15.9. The van der Waals surface area contributed by atoms with E-state index in [-0.39, 0.29) is 11.8 Å². The molecule has 120 valence electrons. The van der Waals surface area contributed by atoms with E-state index < -0.39 is 0 Å². The van der Waals surface area contributed by atoms with Crippen molar-refractivity contribution in [2.75, 3.05) is 19.6 Å². The highest BCUT2D eigenvalue weighted by molar-refractivity contribution is 6.33. The second-order valence-corrected chi connectivity index (χ2v) is 6.20. The van der Waals surface area contributed by atoms with Crippen LogP contribution >= 0.6 is 11.6 Å². The van der Waals surface area contributed by atoms with Crippen molar-refractivity contribution in [3.63, 3.8) is 0 Å². The van der Waals surface area contributed by atoms with Crippen LogP contribution in [-0.2, 0) is 4.79 Å². The first-order valence-electron chi connectivity index (χ1n) is 7.92. The van der Waals surface area contributed by atoms with Crippen LogP contribution in [0.3, 0.4) is 0 Å². The van der Waals surface area contributed by atoms with Crippen LogP contribution in [-0.4, -0.2) is 36.3 Å². The minimum absolute atomic E-state index is 0.0183. The van der Waals surface area contributed by atoms with Gasteiger partial charge in [0.1, 0.15) is 0 Å². The zero-order valence-corrected chi connectivity index (χ0v) is 13.7. The lowest BCUT2D eigenvalue weighted by molar-refractivity contribution is -0.121. The lowest BCUT2D eigenvalue weighted by Crippen LogP contribution is -2.43. The van der Waals surface area contributed by atoms with Gasteiger partial charge in [-0.25, -0.2) is 0 Å². The summed E-state index contributed by atoms with van der Waals surface area (Å²) in [5.41, 5.74) is 0.555. The fourth-order valence-corrected chi connectivity index (χ4v) is 3.01. The summed E-state index contributed by atoms with van der Waals surface area (Å²) in [4.78, 5) is 26.0. The summed E-state index contributed by atoms with van der Waals surface area (Å²) in [6.07, 6.45) is 3.42. The number of rotatable bonds is 5. The summed E-state index contributed by atoms with van der Waals surface area (Å²) in [6, 6.07) is 7.14.